The second-order valence-corrected chi connectivity index (χ2v) is 11.6. The Morgan fingerprint density at radius 1 is 1.05 bits per heavy atom. The summed E-state index contributed by atoms with van der Waals surface area (Å²) in [5.74, 6) is -0.479. The molecule has 3 aromatic rings. The summed E-state index contributed by atoms with van der Waals surface area (Å²) in [6.07, 6.45) is 4.03. The van der Waals surface area contributed by atoms with Crippen molar-refractivity contribution in [1.29, 1.82) is 0 Å². The number of nitrogens with zero attached hydrogens (tertiary/aromatic N) is 3. The molecule has 0 spiro atoms. The van der Waals surface area contributed by atoms with Crippen molar-refractivity contribution in [3.63, 3.8) is 0 Å². The van der Waals surface area contributed by atoms with Crippen molar-refractivity contribution in [2.75, 3.05) is 71.5 Å². The third-order valence-corrected chi connectivity index (χ3v) is 8.85. The summed E-state index contributed by atoms with van der Waals surface area (Å²) in [6, 6.07) is 9.20. The number of likely N-dealkylation sites (tertiary alicyclic amines) is 1. The first-order valence-corrected chi connectivity index (χ1v) is 14.8. The lowest BCUT2D eigenvalue weighted by Gasteiger charge is -2.41. The molecule has 1 aromatic heterocycles. The van der Waals surface area contributed by atoms with Crippen LogP contribution in [0.15, 0.2) is 42.6 Å². The first-order valence-electron chi connectivity index (χ1n) is 14.8. The molecule has 1 atom stereocenters. The van der Waals surface area contributed by atoms with Crippen LogP contribution < -0.4 is 10.1 Å². The lowest BCUT2D eigenvalue weighted by atomic mass is 9.74. The van der Waals surface area contributed by atoms with Gasteiger partial charge in [-0.25, -0.2) is 8.78 Å². The molecule has 0 unspecified atom stereocenters. The topological polar surface area (TPSA) is 90.3 Å². The maximum absolute atomic E-state index is 13.5. The number of morpholine rings is 1. The van der Waals surface area contributed by atoms with Crippen LogP contribution in [0.25, 0.3) is 10.9 Å². The lowest BCUT2D eigenvalue weighted by Crippen LogP contribution is -2.43. The highest BCUT2D eigenvalue weighted by Gasteiger charge is 2.35. The van der Waals surface area contributed by atoms with Crippen molar-refractivity contribution in [3.05, 3.63) is 65.4 Å². The smallest absolute Gasteiger partial charge is 0.128 e. The van der Waals surface area contributed by atoms with Crippen LogP contribution in [0.1, 0.15) is 42.9 Å². The Bertz CT molecular complexity index is 1310. The van der Waals surface area contributed by atoms with Crippen LogP contribution in [0.5, 0.6) is 5.75 Å². The molecule has 2 aromatic carbocycles. The highest BCUT2D eigenvalue weighted by Crippen LogP contribution is 2.40. The van der Waals surface area contributed by atoms with Crippen LogP contribution in [0.3, 0.4) is 0 Å². The maximum atomic E-state index is 13.5. The van der Waals surface area contributed by atoms with Crippen molar-refractivity contribution >= 4 is 16.6 Å². The van der Waals surface area contributed by atoms with E-state index < -0.39 is 17.7 Å². The van der Waals surface area contributed by atoms with Gasteiger partial charge in [0.05, 0.1) is 31.9 Å². The summed E-state index contributed by atoms with van der Waals surface area (Å²) in [5, 5.41) is 26.1. The summed E-state index contributed by atoms with van der Waals surface area (Å²) >= 11 is 0. The zero-order valence-electron chi connectivity index (χ0n) is 24.3. The third kappa shape index (κ3) is 7.54. The van der Waals surface area contributed by atoms with Gasteiger partial charge in [0.1, 0.15) is 17.4 Å². The highest BCUT2D eigenvalue weighted by atomic mass is 19.1. The standard InChI is InChI=1S/C32H42F2N4O4/c1-41-27-2-3-29-28(19-27)31(23(20-36-29)21-38-12-14-42-15-13-38)30(40)4-5-32(22-39)6-9-37(10-7-32)11-8-35-26-17-24(33)16-25(34)18-26/h2-3,16-20,30,35,39-40H,4-15,21-22H2,1H3/t30-/m1/s1. The number of nitrogens with one attached hydrogen (secondary N) is 1. The van der Waals surface area contributed by atoms with Crippen molar-refractivity contribution < 1.29 is 28.5 Å². The number of aliphatic hydroxyl groups is 2. The van der Waals surface area contributed by atoms with Crippen molar-refractivity contribution in [1.82, 2.24) is 14.8 Å². The number of aromatic nitrogens is 1. The van der Waals surface area contributed by atoms with Crippen LogP contribution >= 0.6 is 0 Å². The van der Waals surface area contributed by atoms with E-state index >= 15 is 0 Å². The Labute approximate surface area is 246 Å². The van der Waals surface area contributed by atoms with E-state index in [0.29, 0.717) is 44.8 Å². The molecule has 0 saturated carbocycles. The minimum Gasteiger partial charge on any atom is -0.497 e. The van der Waals surface area contributed by atoms with Gasteiger partial charge in [0.15, 0.2) is 0 Å². The Hall–Kier alpha value is -2.89. The van der Waals surface area contributed by atoms with Crippen LogP contribution in [-0.4, -0.2) is 91.2 Å². The number of halogens is 2. The number of hydrogen-bond donors (Lipinski definition) is 3. The molecule has 8 nitrogen and oxygen atoms in total. The zero-order valence-corrected chi connectivity index (χ0v) is 24.3. The summed E-state index contributed by atoms with van der Waals surface area (Å²) in [5.41, 5.74) is 2.87. The van der Waals surface area contributed by atoms with E-state index in [1.165, 1.54) is 12.1 Å². The number of fused-ring (bicyclic) bond motifs is 1. The first kappa shape index (κ1) is 30.6. The van der Waals surface area contributed by atoms with Crippen LogP contribution in [0.4, 0.5) is 14.5 Å². The maximum Gasteiger partial charge on any atom is 0.128 e. The van der Waals surface area contributed by atoms with E-state index in [1.807, 2.05) is 24.4 Å². The first-order chi connectivity index (χ1) is 20.4. The van der Waals surface area contributed by atoms with Crippen LogP contribution in [0.2, 0.25) is 0 Å². The molecule has 0 aliphatic carbocycles. The summed E-state index contributed by atoms with van der Waals surface area (Å²) < 4.78 is 37.9. The van der Waals surface area contributed by atoms with Crippen molar-refractivity contribution in [2.45, 2.75) is 38.3 Å². The fourth-order valence-electron chi connectivity index (χ4n) is 6.22. The van der Waals surface area contributed by atoms with E-state index in [1.54, 1.807) is 7.11 Å². The predicted octanol–water partition coefficient (Wildman–Crippen LogP) is 4.35. The second-order valence-electron chi connectivity index (χ2n) is 11.6. The average Bonchev–Trinajstić information content (AvgIpc) is 3.00. The molecular formula is C32H42F2N4O4. The molecule has 0 amide bonds. The number of methoxy groups -OCH3 is 1. The average molecular weight is 585 g/mol. The minimum absolute atomic E-state index is 0.0694. The van der Waals surface area contributed by atoms with Gasteiger partial charge in [0.25, 0.3) is 0 Å². The van der Waals surface area contributed by atoms with Gasteiger partial charge in [0, 0.05) is 62.7 Å². The highest BCUT2D eigenvalue weighted by molar-refractivity contribution is 5.85. The van der Waals surface area contributed by atoms with Gasteiger partial charge in [-0.2, -0.15) is 0 Å². The number of rotatable bonds is 12. The quantitative estimate of drug-likeness (QED) is 0.290. The number of hydrogen-bond acceptors (Lipinski definition) is 8. The van der Waals surface area contributed by atoms with Crippen LogP contribution in [-0.2, 0) is 11.3 Å². The van der Waals surface area contributed by atoms with Gasteiger partial charge in [-0.15, -0.1) is 0 Å². The molecular weight excluding hydrogens is 542 g/mol. The van der Waals surface area contributed by atoms with E-state index in [0.717, 1.165) is 79.4 Å². The molecule has 3 N–H and O–H groups in total. The minimum atomic E-state index is -0.712. The largest absolute Gasteiger partial charge is 0.497 e. The second kappa shape index (κ2) is 14.1. The third-order valence-electron chi connectivity index (χ3n) is 8.85. The number of pyridine rings is 1. The molecule has 228 valence electrons. The molecule has 42 heavy (non-hydrogen) atoms. The van der Waals surface area contributed by atoms with Crippen molar-refractivity contribution in [3.8, 4) is 5.75 Å². The SMILES string of the molecule is COc1ccc2ncc(CN3CCOCC3)c([C@H](O)CCC3(CO)CCN(CCNc4cc(F)cc(F)c4)CC3)c2c1. The Balaban J connectivity index is 1.22. The summed E-state index contributed by atoms with van der Waals surface area (Å²) in [7, 11) is 1.64. The van der Waals surface area contributed by atoms with Gasteiger partial charge in [0.2, 0.25) is 0 Å². The van der Waals surface area contributed by atoms with E-state index in [-0.39, 0.29) is 12.0 Å². The molecule has 3 heterocycles. The zero-order chi connectivity index (χ0) is 29.5. The van der Waals surface area contributed by atoms with Gasteiger partial charge < -0.3 is 29.9 Å². The molecule has 2 fully saturated rings. The van der Waals surface area contributed by atoms with Gasteiger partial charge in [-0.1, -0.05) is 0 Å². The normalized spacial score (nSPS) is 18.7. The summed E-state index contributed by atoms with van der Waals surface area (Å²) in [4.78, 5) is 9.32. The molecule has 0 radical (unpaired) electrons. The van der Waals surface area contributed by atoms with Crippen molar-refractivity contribution in [2.24, 2.45) is 5.41 Å². The number of benzene rings is 2. The molecule has 5 rings (SSSR count). The predicted molar refractivity (Wildman–Crippen MR) is 159 cm³/mol. The molecule has 2 aliphatic heterocycles. The molecule has 0 bridgehead atoms. The number of piperidine rings is 1. The fourth-order valence-corrected chi connectivity index (χ4v) is 6.22. The number of anilines is 1. The lowest BCUT2D eigenvalue weighted by molar-refractivity contribution is 0.0239. The summed E-state index contributed by atoms with van der Waals surface area (Å²) in [6.45, 7) is 6.75. The van der Waals surface area contributed by atoms with Crippen LogP contribution in [0, 0.1) is 17.0 Å². The number of aliphatic hydroxyl groups excluding tert-OH is 2. The van der Waals surface area contributed by atoms with Gasteiger partial charge in [-0.05, 0) is 85.6 Å². The Morgan fingerprint density at radius 2 is 1.79 bits per heavy atom. The Morgan fingerprint density at radius 3 is 2.48 bits per heavy atom. The van der Waals surface area contributed by atoms with E-state index in [9.17, 15) is 19.0 Å². The number of ether oxygens (including phenoxy) is 2. The fraction of sp³-hybridized carbons (Fsp3) is 0.531. The van der Waals surface area contributed by atoms with E-state index in [4.69, 9.17) is 14.5 Å². The van der Waals surface area contributed by atoms with Gasteiger partial charge >= 0.3 is 0 Å². The van der Waals surface area contributed by atoms with Gasteiger partial charge in [-0.3, -0.25) is 9.88 Å². The monoisotopic (exact) mass is 584 g/mol. The Kier molecular flexibility index (Phi) is 10.2. The van der Waals surface area contributed by atoms with E-state index in [2.05, 4.69) is 15.1 Å². The molecule has 2 aliphatic rings. The molecule has 10 heteroatoms. The molecule has 2 saturated heterocycles.